The highest BCUT2D eigenvalue weighted by atomic mass is 19.2. The molecule has 0 radical (unpaired) electrons. The Morgan fingerprint density at radius 2 is 1.69 bits per heavy atom. The van der Waals surface area contributed by atoms with E-state index in [1.54, 1.807) is 41.0 Å². The van der Waals surface area contributed by atoms with Crippen molar-refractivity contribution >= 4 is 34.1 Å². The van der Waals surface area contributed by atoms with E-state index in [1.165, 1.54) is 12.1 Å². The summed E-state index contributed by atoms with van der Waals surface area (Å²) in [6, 6.07) is 14.1. The molecule has 4 rings (SSSR count). The Bertz CT molecular complexity index is 1260. The van der Waals surface area contributed by atoms with Crippen molar-refractivity contribution < 1.29 is 28.2 Å². The predicted molar refractivity (Wildman–Crippen MR) is 103 cm³/mol. The number of aliphatic carboxylic acids is 1. The molecule has 0 atom stereocenters. The van der Waals surface area contributed by atoms with Crippen LogP contribution in [0.25, 0.3) is 21.8 Å². The second kappa shape index (κ2) is 7.35. The van der Waals surface area contributed by atoms with Crippen molar-refractivity contribution in [1.82, 2.24) is 4.57 Å². The smallest absolute Gasteiger partial charge is 0.341 e. The van der Waals surface area contributed by atoms with Crippen molar-refractivity contribution in [3.8, 4) is 5.75 Å². The molecule has 4 aromatic rings. The summed E-state index contributed by atoms with van der Waals surface area (Å²) in [5, 5.41) is 10.1. The van der Waals surface area contributed by atoms with Gasteiger partial charge >= 0.3 is 5.97 Å². The molecular weight excluding hydrogens is 380 g/mol. The number of hydrogen-bond donors (Lipinski definition) is 1. The summed E-state index contributed by atoms with van der Waals surface area (Å²) >= 11 is 0. The van der Waals surface area contributed by atoms with Gasteiger partial charge in [-0.3, -0.25) is 4.79 Å². The van der Waals surface area contributed by atoms with E-state index >= 15 is 0 Å². The summed E-state index contributed by atoms with van der Waals surface area (Å²) < 4.78 is 35.2. The quantitative estimate of drug-likeness (QED) is 0.492. The van der Waals surface area contributed by atoms with Crippen LogP contribution < -0.4 is 4.74 Å². The van der Waals surface area contributed by atoms with Crippen LogP contribution >= 0.6 is 0 Å². The van der Waals surface area contributed by atoms with Crippen LogP contribution in [0.5, 0.6) is 5.75 Å². The lowest BCUT2D eigenvalue weighted by atomic mass is 10.1. The van der Waals surface area contributed by atoms with Crippen LogP contribution in [0.4, 0.5) is 8.78 Å². The van der Waals surface area contributed by atoms with Crippen LogP contribution in [0.1, 0.15) is 15.9 Å². The molecule has 0 unspecified atom stereocenters. The van der Waals surface area contributed by atoms with E-state index in [4.69, 9.17) is 9.84 Å². The van der Waals surface area contributed by atoms with Gasteiger partial charge in [0.25, 0.3) is 0 Å². The van der Waals surface area contributed by atoms with Gasteiger partial charge in [-0.05, 0) is 24.3 Å². The lowest BCUT2D eigenvalue weighted by Crippen LogP contribution is -2.09. The first-order valence-electron chi connectivity index (χ1n) is 8.78. The Morgan fingerprint density at radius 3 is 2.41 bits per heavy atom. The monoisotopic (exact) mass is 395 g/mol. The molecule has 1 heterocycles. The number of carbonyl (C=O) groups excluding carboxylic acids is 1. The van der Waals surface area contributed by atoms with Gasteiger partial charge in [-0.1, -0.05) is 30.3 Å². The molecule has 146 valence electrons. The third-order valence-corrected chi connectivity index (χ3v) is 4.75. The molecule has 1 N–H and O–H groups in total. The zero-order valence-corrected chi connectivity index (χ0v) is 15.1. The minimum absolute atomic E-state index is 0.0221. The van der Waals surface area contributed by atoms with E-state index in [9.17, 15) is 18.4 Å². The number of aromatic nitrogens is 1. The number of carboxylic acids is 1. The largest absolute Gasteiger partial charge is 0.481 e. The Balaban J connectivity index is 2.01. The molecule has 3 aromatic carbocycles. The van der Waals surface area contributed by atoms with E-state index in [0.29, 0.717) is 39.4 Å². The molecule has 0 saturated carbocycles. The summed E-state index contributed by atoms with van der Waals surface area (Å²) in [5.74, 6) is -2.72. The Kier molecular flexibility index (Phi) is 4.72. The van der Waals surface area contributed by atoms with Gasteiger partial charge < -0.3 is 14.4 Å². The number of ether oxygens (including phenoxy) is 1. The van der Waals surface area contributed by atoms with Crippen LogP contribution in [0.2, 0.25) is 0 Å². The van der Waals surface area contributed by atoms with Crippen molar-refractivity contribution in [2.75, 3.05) is 6.61 Å². The number of aldehydes is 1. The topological polar surface area (TPSA) is 68.5 Å². The van der Waals surface area contributed by atoms with Crippen LogP contribution in [0.15, 0.2) is 54.6 Å². The van der Waals surface area contributed by atoms with Crippen LogP contribution in [-0.2, 0) is 11.3 Å². The molecule has 1 aromatic heterocycles. The molecule has 0 aliphatic carbocycles. The zero-order chi connectivity index (χ0) is 20.5. The highest BCUT2D eigenvalue weighted by Gasteiger charge is 2.19. The highest BCUT2D eigenvalue weighted by Crippen LogP contribution is 2.37. The van der Waals surface area contributed by atoms with Crippen molar-refractivity contribution in [2.45, 2.75) is 6.54 Å². The first-order valence-corrected chi connectivity index (χ1v) is 8.78. The van der Waals surface area contributed by atoms with Gasteiger partial charge in [0, 0.05) is 16.5 Å². The maximum atomic E-state index is 14.3. The molecular formula is C22H15F2NO4. The zero-order valence-electron chi connectivity index (χ0n) is 15.1. The first-order chi connectivity index (χ1) is 14.0. The van der Waals surface area contributed by atoms with Crippen LogP contribution in [0, 0.1) is 11.6 Å². The molecule has 0 bridgehead atoms. The van der Waals surface area contributed by atoms with E-state index in [1.807, 2.05) is 0 Å². The maximum Gasteiger partial charge on any atom is 0.341 e. The maximum absolute atomic E-state index is 14.3. The minimum Gasteiger partial charge on any atom is -0.481 e. The Labute approximate surface area is 163 Å². The van der Waals surface area contributed by atoms with E-state index in [-0.39, 0.29) is 12.1 Å². The van der Waals surface area contributed by atoms with Gasteiger partial charge in [-0.2, -0.15) is 0 Å². The fraction of sp³-hybridized carbons (Fsp3) is 0.0909. The molecule has 0 fully saturated rings. The summed E-state index contributed by atoms with van der Waals surface area (Å²) in [5.41, 5.74) is 1.77. The Hall–Kier alpha value is -3.74. The second-order valence-corrected chi connectivity index (χ2v) is 6.49. The molecule has 7 heteroatoms. The number of carbonyl (C=O) groups is 2. The van der Waals surface area contributed by atoms with Crippen LogP contribution in [-0.4, -0.2) is 28.5 Å². The van der Waals surface area contributed by atoms with Gasteiger partial charge in [-0.25, -0.2) is 13.6 Å². The van der Waals surface area contributed by atoms with Crippen molar-refractivity contribution in [3.63, 3.8) is 0 Å². The number of fused-ring (bicyclic) bond motifs is 3. The highest BCUT2D eigenvalue weighted by molar-refractivity contribution is 6.17. The van der Waals surface area contributed by atoms with Gasteiger partial charge in [0.15, 0.2) is 24.5 Å². The van der Waals surface area contributed by atoms with Crippen LogP contribution in [0.3, 0.4) is 0 Å². The SMILES string of the molecule is O=Cc1cccc2c1c1c(OCC(=O)O)cccc1n2Cc1cccc(F)c1F. The number of halogens is 2. The van der Waals surface area contributed by atoms with Crippen molar-refractivity contribution in [2.24, 2.45) is 0 Å². The molecule has 29 heavy (non-hydrogen) atoms. The normalized spacial score (nSPS) is 11.1. The summed E-state index contributed by atoms with van der Waals surface area (Å²) in [7, 11) is 0. The number of rotatable bonds is 6. The average molecular weight is 395 g/mol. The number of benzene rings is 3. The number of nitrogens with zero attached hydrogens (tertiary/aromatic N) is 1. The molecule has 0 spiro atoms. The molecule has 5 nitrogen and oxygen atoms in total. The fourth-order valence-corrected chi connectivity index (χ4v) is 3.55. The first kappa shape index (κ1) is 18.6. The lowest BCUT2D eigenvalue weighted by molar-refractivity contribution is -0.139. The predicted octanol–water partition coefficient (Wildman–Crippen LogP) is 4.40. The number of carboxylic acid groups (broad SMARTS) is 1. The van der Waals surface area contributed by atoms with Gasteiger partial charge in [0.1, 0.15) is 5.75 Å². The van der Waals surface area contributed by atoms with Gasteiger partial charge in [0.05, 0.1) is 23.0 Å². The van der Waals surface area contributed by atoms with E-state index in [0.717, 1.165) is 6.07 Å². The fourth-order valence-electron chi connectivity index (χ4n) is 3.55. The second-order valence-electron chi connectivity index (χ2n) is 6.49. The van der Waals surface area contributed by atoms with E-state index in [2.05, 4.69) is 0 Å². The molecule has 0 amide bonds. The minimum atomic E-state index is -1.14. The van der Waals surface area contributed by atoms with Crippen molar-refractivity contribution in [1.29, 1.82) is 0 Å². The number of hydrogen-bond acceptors (Lipinski definition) is 3. The summed E-state index contributed by atoms with van der Waals surface area (Å²) in [6.07, 6.45) is 0.697. The van der Waals surface area contributed by atoms with Gasteiger partial charge in [0.2, 0.25) is 0 Å². The third kappa shape index (κ3) is 3.20. The average Bonchev–Trinajstić information content (AvgIpc) is 3.04. The standard InChI is InChI=1S/C22H15F2NO4/c23-15-6-1-4-13(22(15)24)10-25-16-7-2-5-14(11-26)20(16)21-17(25)8-3-9-18(21)29-12-19(27)28/h1-9,11H,10,12H2,(H,27,28). The summed E-state index contributed by atoms with van der Waals surface area (Å²) in [6.45, 7) is -0.526. The summed E-state index contributed by atoms with van der Waals surface area (Å²) in [4.78, 5) is 22.6. The molecule has 0 aliphatic rings. The van der Waals surface area contributed by atoms with Crippen molar-refractivity contribution in [3.05, 3.63) is 77.4 Å². The molecule has 0 saturated heterocycles. The third-order valence-electron chi connectivity index (χ3n) is 4.75. The van der Waals surface area contributed by atoms with E-state index < -0.39 is 24.2 Å². The van der Waals surface area contributed by atoms with Gasteiger partial charge in [-0.15, -0.1) is 0 Å². The molecule has 0 aliphatic heterocycles. The Morgan fingerprint density at radius 1 is 1.00 bits per heavy atom. The lowest BCUT2D eigenvalue weighted by Gasteiger charge is -2.10.